The van der Waals surface area contributed by atoms with Crippen molar-refractivity contribution in [3.8, 4) is 0 Å². The van der Waals surface area contributed by atoms with E-state index in [1.165, 1.54) is 12.1 Å². The predicted molar refractivity (Wildman–Crippen MR) is 71.8 cm³/mol. The molecule has 5 heteroatoms. The van der Waals surface area contributed by atoms with Gasteiger partial charge in [-0.05, 0) is 38.0 Å². The van der Waals surface area contributed by atoms with Crippen LogP contribution in [-0.4, -0.2) is 29.4 Å². The average molecular weight is 315 g/mol. The topological polar surface area (TPSA) is 46.3 Å². The standard InChI is InChI=1S/C13H16BrFN2O/c1-8-4-12(16)2-3-17(8)13(18)9-5-10(14)7-11(15)6-9/h5-8,12H,2-4,16H2,1H3/t8-,12-/m0/s1. The zero-order valence-electron chi connectivity index (χ0n) is 10.2. The lowest BCUT2D eigenvalue weighted by atomic mass is 9.98. The van der Waals surface area contributed by atoms with E-state index in [2.05, 4.69) is 15.9 Å². The Hall–Kier alpha value is -0.940. The van der Waals surface area contributed by atoms with Crippen LogP contribution in [0.15, 0.2) is 22.7 Å². The number of rotatable bonds is 1. The van der Waals surface area contributed by atoms with Crippen molar-refractivity contribution in [2.24, 2.45) is 5.73 Å². The lowest BCUT2D eigenvalue weighted by Crippen LogP contribution is -2.48. The number of carbonyl (C=O) groups excluding carboxylic acids is 1. The maximum atomic E-state index is 13.3. The maximum Gasteiger partial charge on any atom is 0.254 e. The molecule has 0 radical (unpaired) electrons. The number of benzene rings is 1. The largest absolute Gasteiger partial charge is 0.336 e. The van der Waals surface area contributed by atoms with E-state index >= 15 is 0 Å². The highest BCUT2D eigenvalue weighted by molar-refractivity contribution is 9.10. The molecule has 0 bridgehead atoms. The summed E-state index contributed by atoms with van der Waals surface area (Å²) in [4.78, 5) is 14.1. The first-order chi connectivity index (χ1) is 8.47. The first-order valence-corrected chi connectivity index (χ1v) is 6.79. The van der Waals surface area contributed by atoms with Gasteiger partial charge in [-0.25, -0.2) is 4.39 Å². The van der Waals surface area contributed by atoms with Gasteiger partial charge >= 0.3 is 0 Å². The van der Waals surface area contributed by atoms with Crippen LogP contribution in [0.1, 0.15) is 30.1 Å². The monoisotopic (exact) mass is 314 g/mol. The third-order valence-electron chi connectivity index (χ3n) is 3.29. The summed E-state index contributed by atoms with van der Waals surface area (Å²) in [6.45, 7) is 2.61. The summed E-state index contributed by atoms with van der Waals surface area (Å²) in [5.74, 6) is -0.538. The van der Waals surface area contributed by atoms with Gasteiger partial charge in [-0.1, -0.05) is 15.9 Å². The van der Waals surface area contributed by atoms with Gasteiger partial charge in [0.25, 0.3) is 5.91 Å². The molecule has 1 aliphatic heterocycles. The number of nitrogens with zero attached hydrogens (tertiary/aromatic N) is 1. The summed E-state index contributed by atoms with van der Waals surface area (Å²) >= 11 is 3.20. The van der Waals surface area contributed by atoms with Crippen LogP contribution in [-0.2, 0) is 0 Å². The summed E-state index contributed by atoms with van der Waals surface area (Å²) in [6.07, 6.45) is 1.59. The van der Waals surface area contributed by atoms with Gasteiger partial charge in [0, 0.05) is 28.7 Å². The molecule has 1 fully saturated rings. The van der Waals surface area contributed by atoms with E-state index in [0.717, 1.165) is 12.8 Å². The minimum Gasteiger partial charge on any atom is -0.336 e. The van der Waals surface area contributed by atoms with Gasteiger partial charge in [-0.15, -0.1) is 0 Å². The van der Waals surface area contributed by atoms with Crippen LogP contribution in [0.2, 0.25) is 0 Å². The fourth-order valence-electron chi connectivity index (χ4n) is 2.35. The van der Waals surface area contributed by atoms with E-state index in [0.29, 0.717) is 16.6 Å². The van der Waals surface area contributed by atoms with Crippen LogP contribution in [0.4, 0.5) is 4.39 Å². The van der Waals surface area contributed by atoms with Gasteiger partial charge < -0.3 is 10.6 Å². The third kappa shape index (κ3) is 2.90. The molecule has 0 aromatic heterocycles. The van der Waals surface area contributed by atoms with Crippen molar-refractivity contribution in [2.75, 3.05) is 6.54 Å². The Kier molecular flexibility index (Phi) is 4.02. The number of carbonyl (C=O) groups is 1. The molecule has 1 saturated heterocycles. The smallest absolute Gasteiger partial charge is 0.254 e. The number of halogens is 2. The second kappa shape index (κ2) is 5.36. The quantitative estimate of drug-likeness (QED) is 0.866. The molecule has 1 heterocycles. The van der Waals surface area contributed by atoms with Gasteiger partial charge in [0.1, 0.15) is 5.82 Å². The van der Waals surface area contributed by atoms with Gasteiger partial charge in [0.2, 0.25) is 0 Å². The molecule has 0 spiro atoms. The number of hydrogen-bond donors (Lipinski definition) is 1. The van der Waals surface area contributed by atoms with E-state index in [9.17, 15) is 9.18 Å². The Bertz CT molecular complexity index is 446. The molecule has 3 nitrogen and oxygen atoms in total. The maximum absolute atomic E-state index is 13.3. The molecule has 2 N–H and O–H groups in total. The average Bonchev–Trinajstić information content (AvgIpc) is 2.26. The molecule has 1 aromatic rings. The normalized spacial score (nSPS) is 24.1. The van der Waals surface area contributed by atoms with E-state index < -0.39 is 5.82 Å². The summed E-state index contributed by atoms with van der Waals surface area (Å²) in [5, 5.41) is 0. The predicted octanol–water partition coefficient (Wildman–Crippen LogP) is 2.54. The highest BCUT2D eigenvalue weighted by Gasteiger charge is 2.27. The first-order valence-electron chi connectivity index (χ1n) is 6.00. The first kappa shape index (κ1) is 13.5. The Morgan fingerprint density at radius 2 is 2.22 bits per heavy atom. The van der Waals surface area contributed by atoms with Crippen molar-refractivity contribution in [2.45, 2.75) is 31.8 Å². The summed E-state index contributed by atoms with van der Waals surface area (Å²) in [5.41, 5.74) is 6.25. The lowest BCUT2D eigenvalue weighted by Gasteiger charge is -2.36. The van der Waals surface area contributed by atoms with Crippen molar-refractivity contribution in [3.05, 3.63) is 34.1 Å². The minimum absolute atomic E-state index is 0.100. The van der Waals surface area contributed by atoms with E-state index in [-0.39, 0.29) is 18.0 Å². The number of piperidine rings is 1. The zero-order chi connectivity index (χ0) is 13.3. The van der Waals surface area contributed by atoms with E-state index in [1.807, 2.05) is 6.92 Å². The van der Waals surface area contributed by atoms with Crippen molar-refractivity contribution in [1.82, 2.24) is 4.90 Å². The SMILES string of the molecule is C[C@H]1C[C@@H](N)CCN1C(=O)c1cc(F)cc(Br)c1. The minimum atomic E-state index is -0.408. The molecule has 1 aromatic carbocycles. The lowest BCUT2D eigenvalue weighted by molar-refractivity contribution is 0.0618. The van der Waals surface area contributed by atoms with Gasteiger partial charge in [-0.3, -0.25) is 4.79 Å². The Morgan fingerprint density at radius 3 is 2.83 bits per heavy atom. The number of nitrogens with two attached hydrogens (primary N) is 1. The van der Waals surface area contributed by atoms with Crippen LogP contribution in [0.3, 0.4) is 0 Å². The summed E-state index contributed by atoms with van der Waals surface area (Å²) in [6, 6.07) is 4.51. The fraction of sp³-hybridized carbons (Fsp3) is 0.462. The van der Waals surface area contributed by atoms with Crippen molar-refractivity contribution in [3.63, 3.8) is 0 Å². The van der Waals surface area contributed by atoms with Crippen LogP contribution in [0.25, 0.3) is 0 Å². The van der Waals surface area contributed by atoms with Gasteiger partial charge in [-0.2, -0.15) is 0 Å². The van der Waals surface area contributed by atoms with Crippen LogP contribution in [0.5, 0.6) is 0 Å². The van der Waals surface area contributed by atoms with Crippen LogP contribution < -0.4 is 5.73 Å². The van der Waals surface area contributed by atoms with Crippen molar-refractivity contribution < 1.29 is 9.18 Å². The highest BCUT2D eigenvalue weighted by Crippen LogP contribution is 2.21. The molecule has 1 amide bonds. The molecule has 0 aliphatic carbocycles. The highest BCUT2D eigenvalue weighted by atomic mass is 79.9. The zero-order valence-corrected chi connectivity index (χ0v) is 11.8. The second-order valence-electron chi connectivity index (χ2n) is 4.79. The van der Waals surface area contributed by atoms with Crippen LogP contribution >= 0.6 is 15.9 Å². The molecular formula is C13H16BrFN2O. The number of amides is 1. The Morgan fingerprint density at radius 1 is 1.50 bits per heavy atom. The van der Waals surface area contributed by atoms with Gasteiger partial charge in [0.15, 0.2) is 0 Å². The van der Waals surface area contributed by atoms with Crippen LogP contribution in [0, 0.1) is 5.82 Å². The molecule has 1 aliphatic rings. The van der Waals surface area contributed by atoms with Crippen molar-refractivity contribution >= 4 is 21.8 Å². The third-order valence-corrected chi connectivity index (χ3v) is 3.74. The Labute approximate surface area is 114 Å². The summed E-state index contributed by atoms with van der Waals surface area (Å²) < 4.78 is 13.9. The van der Waals surface area contributed by atoms with Gasteiger partial charge in [0.05, 0.1) is 0 Å². The number of hydrogen-bond acceptors (Lipinski definition) is 2. The number of likely N-dealkylation sites (tertiary alicyclic amines) is 1. The summed E-state index contributed by atoms with van der Waals surface area (Å²) in [7, 11) is 0. The van der Waals surface area contributed by atoms with Crippen molar-refractivity contribution in [1.29, 1.82) is 0 Å². The molecule has 98 valence electrons. The molecular weight excluding hydrogens is 299 g/mol. The fourth-order valence-corrected chi connectivity index (χ4v) is 2.82. The second-order valence-corrected chi connectivity index (χ2v) is 5.71. The molecule has 2 atom stereocenters. The van der Waals surface area contributed by atoms with E-state index in [1.54, 1.807) is 11.0 Å². The molecule has 0 unspecified atom stereocenters. The Balaban J connectivity index is 2.20. The molecule has 0 saturated carbocycles. The molecule has 2 rings (SSSR count). The van der Waals surface area contributed by atoms with E-state index in [4.69, 9.17) is 5.73 Å². The molecule has 18 heavy (non-hydrogen) atoms.